The minimum atomic E-state index is -3.56. The van der Waals surface area contributed by atoms with Crippen molar-refractivity contribution in [3.8, 4) is 0 Å². The monoisotopic (exact) mass is 435 g/mol. The zero-order valence-corrected chi connectivity index (χ0v) is 19.0. The number of nitrogens with zero attached hydrogens (tertiary/aromatic N) is 1. The summed E-state index contributed by atoms with van der Waals surface area (Å²) >= 11 is 0. The van der Waals surface area contributed by atoms with Gasteiger partial charge in [0.2, 0.25) is 0 Å². The van der Waals surface area contributed by atoms with E-state index in [1.165, 1.54) is 24.3 Å². The van der Waals surface area contributed by atoms with Gasteiger partial charge in [-0.2, -0.15) is 0 Å². The lowest BCUT2D eigenvalue weighted by molar-refractivity contribution is 0.0784. The number of nitrogens with two attached hydrogens (primary N) is 1. The first-order valence-corrected chi connectivity index (χ1v) is 11.3. The molecule has 2 amide bonds. The Morgan fingerprint density at radius 3 is 2.13 bits per heavy atom. The maximum absolute atomic E-state index is 14.1. The minimum absolute atomic E-state index is 0.0563. The minimum Gasteiger partial charge on any atom is -0.386 e. The molecule has 4 N–H and O–H groups in total. The van der Waals surface area contributed by atoms with Crippen molar-refractivity contribution < 1.29 is 18.5 Å². The van der Waals surface area contributed by atoms with Gasteiger partial charge in [-0.25, -0.2) is 18.5 Å². The summed E-state index contributed by atoms with van der Waals surface area (Å²) in [5, 5.41) is 18.7. The Kier molecular flexibility index (Phi) is 7.06. The molecule has 0 bridgehead atoms. The maximum atomic E-state index is 14.1. The van der Waals surface area contributed by atoms with E-state index in [1.807, 2.05) is 27.7 Å². The van der Waals surface area contributed by atoms with Gasteiger partial charge in [0.25, 0.3) is 0 Å². The average Bonchev–Trinajstić information content (AvgIpc) is 2.61. The van der Waals surface area contributed by atoms with Crippen LogP contribution in [-0.4, -0.2) is 15.3 Å². The summed E-state index contributed by atoms with van der Waals surface area (Å²) in [6.07, 6.45) is 0. The van der Waals surface area contributed by atoms with E-state index >= 15 is 0 Å². The summed E-state index contributed by atoms with van der Waals surface area (Å²) in [5.41, 5.74) is 1.02. The predicted molar refractivity (Wildman–Crippen MR) is 118 cm³/mol. The first-order valence-electron chi connectivity index (χ1n) is 9.74. The third kappa shape index (κ3) is 5.65. The number of benzene rings is 2. The van der Waals surface area contributed by atoms with Crippen LogP contribution < -0.4 is 10.5 Å². The molecule has 0 aliphatic rings. The highest BCUT2D eigenvalue weighted by Gasteiger charge is 2.21. The molecule has 1 atom stereocenters. The molecule has 0 radical (unpaired) electrons. The summed E-state index contributed by atoms with van der Waals surface area (Å²) in [6.45, 7) is 10.7. The second-order valence-electron chi connectivity index (χ2n) is 8.45. The summed E-state index contributed by atoms with van der Waals surface area (Å²) in [7, 11) is -3.56. The number of aliphatic hydroxyl groups is 1. The smallest absolute Gasteiger partial charge is 0.354 e. The number of carbonyl (C=O) groups is 1. The van der Waals surface area contributed by atoms with Crippen molar-refractivity contribution in [2.24, 2.45) is 9.50 Å². The fourth-order valence-electron chi connectivity index (χ4n) is 3.07. The molecule has 6 nitrogen and oxygen atoms in total. The highest BCUT2D eigenvalue weighted by molar-refractivity contribution is 7.91. The third-order valence-electron chi connectivity index (χ3n) is 4.74. The summed E-state index contributed by atoms with van der Waals surface area (Å²) < 4.78 is 30.7. The predicted octanol–water partition coefficient (Wildman–Crippen LogP) is 5.23. The van der Waals surface area contributed by atoms with Gasteiger partial charge in [-0.3, -0.25) is 0 Å². The fraction of sp³-hybridized carbons (Fsp3) is 0.409. The van der Waals surface area contributed by atoms with Gasteiger partial charge in [0.15, 0.2) is 0 Å². The van der Waals surface area contributed by atoms with Gasteiger partial charge in [0.1, 0.15) is 15.7 Å². The molecule has 0 fully saturated rings. The van der Waals surface area contributed by atoms with E-state index in [4.69, 9.17) is 5.14 Å². The Morgan fingerprint density at radius 2 is 1.67 bits per heavy atom. The highest BCUT2D eigenvalue weighted by atomic mass is 32.2. The molecule has 0 saturated heterocycles. The summed E-state index contributed by atoms with van der Waals surface area (Å²) in [5.74, 6) is -0.498. The fourth-order valence-corrected chi connectivity index (χ4v) is 4.04. The Labute approximate surface area is 178 Å². The number of halogens is 1. The lowest BCUT2D eigenvalue weighted by Crippen LogP contribution is -2.21. The van der Waals surface area contributed by atoms with Gasteiger partial charge in [0, 0.05) is 5.69 Å². The van der Waals surface area contributed by atoms with E-state index in [0.717, 1.165) is 0 Å². The number of amides is 2. The molecular weight excluding hydrogens is 405 g/mol. The molecule has 2 aromatic rings. The molecular formula is C22H30FN3O3S. The van der Waals surface area contributed by atoms with Gasteiger partial charge in [-0.1, -0.05) is 39.8 Å². The van der Waals surface area contributed by atoms with Gasteiger partial charge >= 0.3 is 6.03 Å². The Bertz CT molecular complexity index is 1040. The van der Waals surface area contributed by atoms with Crippen LogP contribution in [0.2, 0.25) is 0 Å². The molecule has 30 heavy (non-hydrogen) atoms. The number of nitrogens with one attached hydrogen (secondary N) is 1. The quantitative estimate of drug-likeness (QED) is 0.598. The number of carbonyl (C=O) groups excluding carboxylic acids is 1. The van der Waals surface area contributed by atoms with Crippen molar-refractivity contribution in [3.05, 3.63) is 58.9 Å². The van der Waals surface area contributed by atoms with Crippen LogP contribution in [0.4, 0.5) is 14.9 Å². The van der Waals surface area contributed by atoms with Crippen LogP contribution >= 0.6 is 0 Å². The van der Waals surface area contributed by atoms with E-state index in [9.17, 15) is 18.5 Å². The van der Waals surface area contributed by atoms with E-state index in [2.05, 4.69) is 9.68 Å². The molecule has 1 unspecified atom stereocenters. The molecule has 0 spiro atoms. The standard InChI is InChI=1S/C22H30FN3O3S/c1-13(2)18-11-16(23)12-19(14(3)4)20(18)25-21(27)26-30(24,29)17-9-7-8-15(10-17)22(5,6)28/h7-14,28H,1-6H3,(H3,24,25,26,27,29). The van der Waals surface area contributed by atoms with E-state index < -0.39 is 21.5 Å². The number of hydrogen-bond acceptors (Lipinski definition) is 3. The topological polar surface area (TPSA) is 105 Å². The summed E-state index contributed by atoms with van der Waals surface area (Å²) in [6, 6.07) is 8.09. The van der Waals surface area contributed by atoms with Crippen LogP contribution in [0.1, 0.15) is 70.1 Å². The van der Waals surface area contributed by atoms with Crippen LogP contribution in [0.5, 0.6) is 0 Å². The number of urea groups is 1. The van der Waals surface area contributed by atoms with E-state index in [1.54, 1.807) is 26.0 Å². The third-order valence-corrected chi connectivity index (χ3v) is 6.10. The molecule has 0 aliphatic carbocycles. The van der Waals surface area contributed by atoms with Crippen LogP contribution in [-0.2, 0) is 15.5 Å². The largest absolute Gasteiger partial charge is 0.386 e. The van der Waals surface area contributed by atoms with Crippen molar-refractivity contribution in [2.75, 3.05) is 5.32 Å². The first kappa shape index (κ1) is 24.0. The van der Waals surface area contributed by atoms with Crippen molar-refractivity contribution in [3.63, 3.8) is 0 Å². The molecule has 0 aliphatic heterocycles. The highest BCUT2D eigenvalue weighted by Crippen LogP contribution is 2.34. The molecule has 2 rings (SSSR count). The number of rotatable bonds is 5. The van der Waals surface area contributed by atoms with Crippen LogP contribution in [0.3, 0.4) is 0 Å². The van der Waals surface area contributed by atoms with Gasteiger partial charge < -0.3 is 10.4 Å². The second kappa shape index (κ2) is 8.83. The molecule has 0 saturated carbocycles. The zero-order chi connectivity index (χ0) is 22.9. The maximum Gasteiger partial charge on any atom is 0.354 e. The van der Waals surface area contributed by atoms with Crippen molar-refractivity contribution in [1.82, 2.24) is 0 Å². The molecule has 164 valence electrons. The first-order chi connectivity index (χ1) is 13.7. The van der Waals surface area contributed by atoms with Crippen molar-refractivity contribution in [1.29, 1.82) is 0 Å². The second-order valence-corrected chi connectivity index (χ2v) is 10.2. The average molecular weight is 436 g/mol. The molecule has 8 heteroatoms. The summed E-state index contributed by atoms with van der Waals surface area (Å²) in [4.78, 5) is 12.8. The van der Waals surface area contributed by atoms with Gasteiger partial charge in [-0.05, 0) is 66.6 Å². The van der Waals surface area contributed by atoms with E-state index in [-0.39, 0.29) is 22.5 Å². The SMILES string of the molecule is CC(C)c1cc(F)cc(C(C)C)c1NC(=O)N=S(N)(=O)c1cccc(C(C)(C)O)c1. The Hall–Kier alpha value is -2.29. The lowest BCUT2D eigenvalue weighted by atomic mass is 9.92. The van der Waals surface area contributed by atoms with Gasteiger partial charge in [-0.15, -0.1) is 4.36 Å². The van der Waals surface area contributed by atoms with Crippen LogP contribution in [0, 0.1) is 5.82 Å². The zero-order valence-electron chi connectivity index (χ0n) is 18.2. The molecule has 2 aromatic carbocycles. The van der Waals surface area contributed by atoms with Crippen molar-refractivity contribution in [2.45, 2.75) is 63.9 Å². The molecule has 0 heterocycles. The van der Waals surface area contributed by atoms with Crippen LogP contribution in [0.15, 0.2) is 45.7 Å². The number of hydrogen-bond donors (Lipinski definition) is 3. The normalized spacial score (nSPS) is 14.0. The lowest BCUT2D eigenvalue weighted by Gasteiger charge is -2.20. The Morgan fingerprint density at radius 1 is 1.13 bits per heavy atom. The van der Waals surface area contributed by atoms with E-state index in [0.29, 0.717) is 22.4 Å². The number of anilines is 1. The Balaban J connectivity index is 2.48. The van der Waals surface area contributed by atoms with Crippen molar-refractivity contribution >= 4 is 21.6 Å². The molecule has 0 aromatic heterocycles. The van der Waals surface area contributed by atoms with Gasteiger partial charge in [0.05, 0.1) is 10.5 Å². The van der Waals surface area contributed by atoms with Crippen LogP contribution in [0.25, 0.3) is 0 Å².